The van der Waals surface area contributed by atoms with E-state index in [1.807, 2.05) is 6.92 Å². The molecule has 1 fully saturated rings. The molecule has 0 radical (unpaired) electrons. The van der Waals surface area contributed by atoms with Crippen LogP contribution in [0.1, 0.15) is 35.7 Å². The van der Waals surface area contributed by atoms with Crippen molar-refractivity contribution in [3.63, 3.8) is 0 Å². The molecule has 0 bridgehead atoms. The maximum atomic E-state index is 12.5. The predicted molar refractivity (Wildman–Crippen MR) is 73.8 cm³/mol. The van der Waals surface area contributed by atoms with Gasteiger partial charge in [0.1, 0.15) is 0 Å². The second kappa shape index (κ2) is 5.93. The van der Waals surface area contributed by atoms with Crippen molar-refractivity contribution in [3.05, 3.63) is 29.3 Å². The number of rotatable bonds is 4. The molecule has 5 nitrogen and oxygen atoms in total. The van der Waals surface area contributed by atoms with E-state index in [0.717, 1.165) is 0 Å². The molecular weight excluding hydrogens is 280 g/mol. The second-order valence-corrected chi connectivity index (χ2v) is 7.06. The molecule has 20 heavy (non-hydrogen) atoms. The summed E-state index contributed by atoms with van der Waals surface area (Å²) in [6.07, 6.45) is 1.47. The standard InChI is InChI=1S/C14H18O5S/c1-2-10-3-4-12(9-13(10)14(15)16)20(17,18)11-5-7-19-8-6-11/h3-4,9,11H,2,5-8H2,1H3,(H,15,16). The van der Waals surface area contributed by atoms with Crippen LogP contribution in [0.4, 0.5) is 0 Å². The van der Waals surface area contributed by atoms with Gasteiger partial charge in [-0.1, -0.05) is 13.0 Å². The minimum absolute atomic E-state index is 0.0700. The molecule has 0 saturated carbocycles. The van der Waals surface area contributed by atoms with E-state index in [4.69, 9.17) is 4.74 Å². The minimum atomic E-state index is -3.49. The smallest absolute Gasteiger partial charge is 0.336 e. The molecule has 6 heteroatoms. The number of ether oxygens (including phenoxy) is 1. The molecule has 0 aromatic heterocycles. The number of aryl methyl sites for hydroxylation is 1. The zero-order valence-corrected chi connectivity index (χ0v) is 12.1. The first kappa shape index (κ1) is 15.0. The Bertz CT molecular complexity index is 600. The third kappa shape index (κ3) is 2.86. The van der Waals surface area contributed by atoms with Crippen LogP contribution in [-0.2, 0) is 21.0 Å². The molecule has 1 heterocycles. The van der Waals surface area contributed by atoms with Crippen LogP contribution in [0.3, 0.4) is 0 Å². The predicted octanol–water partition coefficient (Wildman–Crippen LogP) is 1.90. The fourth-order valence-electron chi connectivity index (χ4n) is 2.42. The first-order valence-corrected chi connectivity index (χ1v) is 8.19. The Labute approximate surface area is 118 Å². The lowest BCUT2D eigenvalue weighted by Crippen LogP contribution is -2.29. The number of carbonyl (C=O) groups is 1. The Morgan fingerprint density at radius 2 is 2.00 bits per heavy atom. The molecule has 0 amide bonds. The van der Waals surface area contributed by atoms with Crippen LogP contribution in [0, 0.1) is 0 Å². The maximum Gasteiger partial charge on any atom is 0.336 e. The van der Waals surface area contributed by atoms with E-state index in [1.165, 1.54) is 12.1 Å². The summed E-state index contributed by atoms with van der Waals surface area (Å²) in [4.78, 5) is 11.3. The summed E-state index contributed by atoms with van der Waals surface area (Å²) in [7, 11) is -3.49. The van der Waals surface area contributed by atoms with Crippen molar-refractivity contribution < 1.29 is 23.1 Å². The molecule has 1 aromatic carbocycles. The van der Waals surface area contributed by atoms with Crippen LogP contribution in [0.2, 0.25) is 0 Å². The van der Waals surface area contributed by atoms with Crippen molar-refractivity contribution in [3.8, 4) is 0 Å². The van der Waals surface area contributed by atoms with Gasteiger partial charge in [0.25, 0.3) is 0 Å². The zero-order valence-electron chi connectivity index (χ0n) is 11.3. The van der Waals surface area contributed by atoms with Crippen molar-refractivity contribution in [2.45, 2.75) is 36.3 Å². The van der Waals surface area contributed by atoms with Gasteiger partial charge >= 0.3 is 5.97 Å². The van der Waals surface area contributed by atoms with E-state index in [0.29, 0.717) is 38.0 Å². The zero-order chi connectivity index (χ0) is 14.8. The largest absolute Gasteiger partial charge is 0.478 e. The van der Waals surface area contributed by atoms with Crippen molar-refractivity contribution in [2.75, 3.05) is 13.2 Å². The number of hydrogen-bond donors (Lipinski definition) is 1. The van der Waals surface area contributed by atoms with Gasteiger partial charge < -0.3 is 9.84 Å². The van der Waals surface area contributed by atoms with Gasteiger partial charge in [-0.05, 0) is 37.0 Å². The van der Waals surface area contributed by atoms with Gasteiger partial charge in [-0.3, -0.25) is 0 Å². The number of aromatic carboxylic acids is 1. The quantitative estimate of drug-likeness (QED) is 0.918. The normalized spacial score (nSPS) is 17.1. The molecule has 0 atom stereocenters. The van der Waals surface area contributed by atoms with Crippen molar-refractivity contribution in [1.29, 1.82) is 0 Å². The number of sulfone groups is 1. The molecule has 1 N–H and O–H groups in total. The molecule has 110 valence electrons. The number of carboxylic acid groups (broad SMARTS) is 1. The van der Waals surface area contributed by atoms with Gasteiger partial charge in [-0.15, -0.1) is 0 Å². The van der Waals surface area contributed by atoms with Crippen LogP contribution < -0.4 is 0 Å². The lowest BCUT2D eigenvalue weighted by Gasteiger charge is -2.22. The summed E-state index contributed by atoms with van der Waals surface area (Å²) < 4.78 is 30.2. The van der Waals surface area contributed by atoms with E-state index in [1.54, 1.807) is 6.07 Å². The van der Waals surface area contributed by atoms with Crippen molar-refractivity contribution in [1.82, 2.24) is 0 Å². The molecular formula is C14H18O5S. The summed E-state index contributed by atoms with van der Waals surface area (Å²) in [5.74, 6) is -1.09. The lowest BCUT2D eigenvalue weighted by atomic mass is 10.1. The van der Waals surface area contributed by atoms with Crippen LogP contribution in [-0.4, -0.2) is 38.0 Å². The average Bonchev–Trinajstić information content (AvgIpc) is 2.47. The summed E-state index contributed by atoms with van der Waals surface area (Å²) in [6, 6.07) is 4.39. The summed E-state index contributed by atoms with van der Waals surface area (Å²) >= 11 is 0. The fourth-order valence-corrected chi connectivity index (χ4v) is 4.16. The van der Waals surface area contributed by atoms with E-state index >= 15 is 0 Å². The minimum Gasteiger partial charge on any atom is -0.478 e. The molecule has 1 aliphatic rings. The third-order valence-corrected chi connectivity index (χ3v) is 5.89. The Morgan fingerprint density at radius 1 is 1.35 bits per heavy atom. The Kier molecular flexibility index (Phi) is 4.45. The number of benzene rings is 1. The maximum absolute atomic E-state index is 12.5. The highest BCUT2D eigenvalue weighted by molar-refractivity contribution is 7.92. The first-order chi connectivity index (χ1) is 9.46. The summed E-state index contributed by atoms with van der Waals surface area (Å²) in [5, 5.41) is 8.70. The second-order valence-electron chi connectivity index (χ2n) is 4.83. The number of carboxylic acids is 1. The number of hydrogen-bond acceptors (Lipinski definition) is 4. The molecule has 1 saturated heterocycles. The summed E-state index contributed by atoms with van der Waals surface area (Å²) in [6.45, 7) is 2.71. The lowest BCUT2D eigenvalue weighted by molar-refractivity contribution is 0.0695. The fraction of sp³-hybridized carbons (Fsp3) is 0.500. The van der Waals surface area contributed by atoms with Gasteiger partial charge in [-0.2, -0.15) is 0 Å². The van der Waals surface area contributed by atoms with Gasteiger partial charge in [0.05, 0.1) is 15.7 Å². The van der Waals surface area contributed by atoms with Crippen LogP contribution in [0.15, 0.2) is 23.1 Å². The van der Waals surface area contributed by atoms with Crippen LogP contribution in [0.25, 0.3) is 0 Å². The van der Waals surface area contributed by atoms with E-state index in [-0.39, 0.29) is 10.5 Å². The Balaban J connectivity index is 2.41. The van der Waals surface area contributed by atoms with Gasteiger partial charge in [-0.25, -0.2) is 13.2 Å². The molecule has 1 aromatic rings. The van der Waals surface area contributed by atoms with Gasteiger partial charge in [0.2, 0.25) is 0 Å². The van der Waals surface area contributed by atoms with Gasteiger partial charge in [0.15, 0.2) is 9.84 Å². The average molecular weight is 298 g/mol. The first-order valence-electron chi connectivity index (χ1n) is 6.64. The molecule has 0 unspecified atom stereocenters. The molecule has 1 aliphatic heterocycles. The van der Waals surface area contributed by atoms with E-state index < -0.39 is 21.1 Å². The Morgan fingerprint density at radius 3 is 2.55 bits per heavy atom. The highest BCUT2D eigenvalue weighted by atomic mass is 32.2. The highest BCUT2D eigenvalue weighted by Crippen LogP contribution is 2.25. The Hall–Kier alpha value is -1.40. The van der Waals surface area contributed by atoms with Crippen molar-refractivity contribution >= 4 is 15.8 Å². The third-order valence-electron chi connectivity index (χ3n) is 3.63. The van der Waals surface area contributed by atoms with Crippen LogP contribution in [0.5, 0.6) is 0 Å². The highest BCUT2D eigenvalue weighted by Gasteiger charge is 2.30. The molecule has 2 rings (SSSR count). The van der Waals surface area contributed by atoms with E-state index in [9.17, 15) is 18.3 Å². The SMILES string of the molecule is CCc1ccc(S(=O)(=O)C2CCOCC2)cc1C(=O)O. The molecule has 0 aliphatic carbocycles. The monoisotopic (exact) mass is 298 g/mol. The van der Waals surface area contributed by atoms with Crippen molar-refractivity contribution in [2.24, 2.45) is 0 Å². The van der Waals surface area contributed by atoms with Gasteiger partial charge in [0, 0.05) is 13.2 Å². The molecule has 0 spiro atoms. The van der Waals surface area contributed by atoms with Crippen LogP contribution >= 0.6 is 0 Å². The van der Waals surface area contributed by atoms with E-state index in [2.05, 4.69) is 0 Å². The summed E-state index contributed by atoms with van der Waals surface area (Å²) in [5.41, 5.74) is 0.712. The topological polar surface area (TPSA) is 80.7 Å².